The van der Waals surface area contributed by atoms with Crippen molar-refractivity contribution in [3.8, 4) is 0 Å². The molecule has 3 aromatic rings. The Morgan fingerprint density at radius 2 is 1.61 bits per heavy atom. The molecule has 0 bridgehead atoms. The summed E-state index contributed by atoms with van der Waals surface area (Å²) < 4.78 is 114. The Morgan fingerprint density at radius 3 is 2.23 bits per heavy atom. The number of alkyl halides is 3. The van der Waals surface area contributed by atoms with Gasteiger partial charge in [0.15, 0.2) is 11.6 Å². The molecule has 0 fully saturated rings. The number of rotatable bonds is 5. The molecule has 0 spiro atoms. The quantitative estimate of drug-likeness (QED) is 0.282. The fraction of sp³-hybridized carbons (Fsp3) is 0.111. The van der Waals surface area contributed by atoms with Gasteiger partial charge in [0.1, 0.15) is 22.2 Å². The molecule has 0 amide bonds. The van der Waals surface area contributed by atoms with Crippen LogP contribution in [-0.4, -0.2) is 8.42 Å². The van der Waals surface area contributed by atoms with Gasteiger partial charge >= 0.3 is 6.18 Å². The zero-order valence-electron chi connectivity index (χ0n) is 15.2. The number of furan rings is 1. The highest BCUT2D eigenvalue weighted by Gasteiger charge is 2.42. The summed E-state index contributed by atoms with van der Waals surface area (Å²) in [7, 11) is -4.96. The average molecular weight is 576 g/mol. The number of hydrogen-bond donors (Lipinski definition) is 2. The second-order valence-corrected chi connectivity index (χ2v) is 9.08. The van der Waals surface area contributed by atoms with Crippen molar-refractivity contribution in [2.45, 2.75) is 18.0 Å². The van der Waals surface area contributed by atoms with Crippen molar-refractivity contribution in [2.24, 2.45) is 0 Å². The normalized spacial score (nSPS) is 12.1. The molecule has 0 aliphatic heterocycles. The summed E-state index contributed by atoms with van der Waals surface area (Å²) in [5.41, 5.74) is -1.79. The highest BCUT2D eigenvalue weighted by molar-refractivity contribution is 14.1. The monoisotopic (exact) mass is 576 g/mol. The first-order valence-electron chi connectivity index (χ1n) is 8.20. The zero-order chi connectivity index (χ0) is 23.1. The van der Waals surface area contributed by atoms with Gasteiger partial charge < -0.3 is 9.73 Å². The lowest BCUT2D eigenvalue weighted by atomic mass is 10.2. The second kappa shape index (κ2) is 8.26. The number of anilines is 3. The molecule has 0 saturated carbocycles. The minimum atomic E-state index is -5.13. The van der Waals surface area contributed by atoms with Crippen molar-refractivity contribution < 1.29 is 39.2 Å². The highest BCUT2D eigenvalue weighted by Crippen LogP contribution is 2.38. The first kappa shape index (κ1) is 23.2. The molecule has 0 aliphatic carbocycles. The summed E-state index contributed by atoms with van der Waals surface area (Å²) in [6.07, 6.45) is -5.13. The Morgan fingerprint density at radius 1 is 0.968 bits per heavy atom. The largest absolute Gasteiger partial charge is 0.455 e. The van der Waals surface area contributed by atoms with E-state index in [9.17, 15) is 34.8 Å². The number of nitrogens with one attached hydrogen (secondary N) is 2. The van der Waals surface area contributed by atoms with Crippen LogP contribution in [0.3, 0.4) is 0 Å². The maximum absolute atomic E-state index is 14.4. The summed E-state index contributed by atoms with van der Waals surface area (Å²) in [6.45, 7) is 1.11. The van der Waals surface area contributed by atoms with E-state index >= 15 is 0 Å². The molecule has 166 valence electrons. The van der Waals surface area contributed by atoms with Crippen molar-refractivity contribution in [3.05, 3.63) is 68.9 Å². The molecule has 3 rings (SSSR count). The smallest absolute Gasteiger partial charge is 0.450 e. The number of halogens is 7. The van der Waals surface area contributed by atoms with Crippen LogP contribution >= 0.6 is 22.6 Å². The van der Waals surface area contributed by atoms with Crippen LogP contribution < -0.4 is 10.0 Å². The second-order valence-electron chi connectivity index (χ2n) is 6.19. The number of benzene rings is 2. The van der Waals surface area contributed by atoms with E-state index in [1.807, 2.05) is 22.6 Å². The molecule has 0 radical (unpaired) electrons. The van der Waals surface area contributed by atoms with Crippen LogP contribution in [0, 0.1) is 27.9 Å². The first-order chi connectivity index (χ1) is 14.3. The molecule has 2 N–H and O–H groups in total. The van der Waals surface area contributed by atoms with E-state index in [1.54, 1.807) is 4.72 Å². The lowest BCUT2D eigenvalue weighted by molar-refractivity contribution is -0.155. The first-order valence-corrected chi connectivity index (χ1v) is 10.8. The van der Waals surface area contributed by atoms with Gasteiger partial charge in [0.25, 0.3) is 10.0 Å². The zero-order valence-corrected chi connectivity index (χ0v) is 18.2. The molecule has 0 unspecified atom stereocenters. The molecular formula is C18H11F6IN2O3S. The molecular weight excluding hydrogens is 565 g/mol. The van der Waals surface area contributed by atoms with Gasteiger partial charge in [-0.05, 0) is 59.8 Å². The molecule has 13 heteroatoms. The van der Waals surface area contributed by atoms with E-state index in [1.165, 1.54) is 12.1 Å². The van der Waals surface area contributed by atoms with E-state index < -0.39 is 55.7 Å². The molecule has 2 aromatic carbocycles. The molecule has 1 aromatic heterocycles. The van der Waals surface area contributed by atoms with Crippen molar-refractivity contribution in [3.63, 3.8) is 0 Å². The van der Waals surface area contributed by atoms with E-state index in [2.05, 4.69) is 9.73 Å². The third kappa shape index (κ3) is 4.92. The van der Waals surface area contributed by atoms with Crippen LogP contribution in [-0.2, 0) is 16.2 Å². The molecule has 5 nitrogen and oxygen atoms in total. The van der Waals surface area contributed by atoms with Gasteiger partial charge in [-0.2, -0.15) is 13.2 Å². The molecule has 0 aliphatic rings. The van der Waals surface area contributed by atoms with Crippen LogP contribution in [0.4, 0.5) is 43.4 Å². The lowest BCUT2D eigenvalue weighted by Crippen LogP contribution is -2.18. The van der Waals surface area contributed by atoms with Gasteiger partial charge in [-0.25, -0.2) is 21.6 Å². The summed E-state index contributed by atoms with van der Waals surface area (Å²) in [5.74, 6) is -5.94. The Labute approximate surface area is 185 Å². The standard InChI is InChI=1S/C18H11F6IN2O3S/c1-8-6-14(17(30-8)18(22,23)24)31(28,29)27-13-5-3-10(19)15(21)16(13)26-12-4-2-9(25)7-11(12)20/h2-7,26-27H,1H3. The maximum atomic E-state index is 14.4. The fourth-order valence-corrected chi connectivity index (χ4v) is 4.32. The summed E-state index contributed by atoms with van der Waals surface area (Å²) in [6, 6.07) is 5.69. The summed E-state index contributed by atoms with van der Waals surface area (Å²) in [5, 5.41) is 2.24. The van der Waals surface area contributed by atoms with Gasteiger partial charge in [-0.3, -0.25) is 4.72 Å². The van der Waals surface area contributed by atoms with Crippen LogP contribution in [0.1, 0.15) is 11.5 Å². The Balaban J connectivity index is 2.07. The predicted molar refractivity (Wildman–Crippen MR) is 108 cm³/mol. The SMILES string of the molecule is Cc1cc(S(=O)(=O)Nc2ccc(F)c(F)c2Nc2ccc(I)cc2F)c(C(F)(F)F)o1. The Kier molecular flexibility index (Phi) is 6.19. The van der Waals surface area contributed by atoms with Crippen LogP contribution in [0.5, 0.6) is 0 Å². The Bertz CT molecular complexity index is 1260. The van der Waals surface area contributed by atoms with Gasteiger partial charge in [-0.1, -0.05) is 0 Å². The van der Waals surface area contributed by atoms with Crippen LogP contribution in [0.2, 0.25) is 0 Å². The molecule has 1 heterocycles. The number of hydrogen-bond acceptors (Lipinski definition) is 4. The van der Waals surface area contributed by atoms with Crippen molar-refractivity contribution in [1.82, 2.24) is 0 Å². The minimum Gasteiger partial charge on any atom is -0.455 e. The predicted octanol–water partition coefficient (Wildman–Crippen LogP) is 6.17. The lowest BCUT2D eigenvalue weighted by Gasteiger charge is -2.16. The topological polar surface area (TPSA) is 71.3 Å². The summed E-state index contributed by atoms with van der Waals surface area (Å²) >= 11 is 1.81. The number of sulfonamides is 1. The van der Waals surface area contributed by atoms with Gasteiger partial charge in [0.05, 0.1) is 11.4 Å². The van der Waals surface area contributed by atoms with Crippen molar-refractivity contribution in [2.75, 3.05) is 10.0 Å². The van der Waals surface area contributed by atoms with E-state index in [-0.39, 0.29) is 11.4 Å². The van der Waals surface area contributed by atoms with E-state index in [0.717, 1.165) is 19.1 Å². The van der Waals surface area contributed by atoms with Gasteiger partial charge in [0, 0.05) is 9.64 Å². The van der Waals surface area contributed by atoms with Gasteiger partial charge in [0.2, 0.25) is 5.76 Å². The van der Waals surface area contributed by atoms with E-state index in [4.69, 9.17) is 0 Å². The Hall–Kier alpha value is -2.42. The molecule has 0 atom stereocenters. The minimum absolute atomic E-state index is 0.319. The third-order valence-corrected chi connectivity index (χ3v) is 5.94. The number of aryl methyl sites for hydroxylation is 1. The van der Waals surface area contributed by atoms with Crippen molar-refractivity contribution >= 4 is 49.7 Å². The van der Waals surface area contributed by atoms with Gasteiger partial charge in [-0.15, -0.1) is 0 Å². The maximum Gasteiger partial charge on any atom is 0.450 e. The average Bonchev–Trinajstić information content (AvgIpc) is 3.06. The molecule has 0 saturated heterocycles. The summed E-state index contributed by atoms with van der Waals surface area (Å²) in [4.78, 5) is -1.24. The van der Waals surface area contributed by atoms with Crippen LogP contribution in [0.25, 0.3) is 0 Å². The van der Waals surface area contributed by atoms with Crippen LogP contribution in [0.15, 0.2) is 45.7 Å². The fourth-order valence-electron chi connectivity index (χ4n) is 2.57. The molecule has 31 heavy (non-hydrogen) atoms. The van der Waals surface area contributed by atoms with E-state index in [0.29, 0.717) is 15.7 Å². The highest BCUT2D eigenvalue weighted by atomic mass is 127. The third-order valence-electron chi connectivity index (χ3n) is 3.90. The van der Waals surface area contributed by atoms with Crippen molar-refractivity contribution in [1.29, 1.82) is 0 Å².